The molecular weight excluding hydrogens is 540 g/mol. The first-order valence-corrected chi connectivity index (χ1v) is 14.5. The summed E-state index contributed by atoms with van der Waals surface area (Å²) in [5.74, 6) is -3.40. The number of benzene rings is 1. The summed E-state index contributed by atoms with van der Waals surface area (Å²) < 4.78 is 18.0. The van der Waals surface area contributed by atoms with E-state index in [-0.39, 0.29) is 18.6 Å². The molecule has 2 unspecified atom stereocenters. The van der Waals surface area contributed by atoms with E-state index in [2.05, 4.69) is 6.58 Å². The fraction of sp³-hybridized carbons (Fsp3) is 0.576. The highest BCUT2D eigenvalue weighted by Gasteiger charge is 2.93. The molecular formula is C33H40O9. The second kappa shape index (κ2) is 9.88. The van der Waals surface area contributed by atoms with E-state index < -0.39 is 81.9 Å². The Bertz CT molecular complexity index is 1360. The lowest BCUT2D eigenvalue weighted by Gasteiger charge is -2.61. The summed E-state index contributed by atoms with van der Waals surface area (Å²) in [6, 6.07) is 9.20. The van der Waals surface area contributed by atoms with Crippen LogP contribution >= 0.6 is 0 Å². The minimum Gasteiger partial charge on any atom is -0.461 e. The number of aliphatic hydroxyl groups excluding tert-OH is 2. The molecule has 1 aromatic carbocycles. The van der Waals surface area contributed by atoms with E-state index in [1.165, 1.54) is 19.9 Å². The van der Waals surface area contributed by atoms with Crippen molar-refractivity contribution in [3.63, 3.8) is 0 Å². The summed E-state index contributed by atoms with van der Waals surface area (Å²) in [4.78, 5) is 52.1. The van der Waals surface area contributed by atoms with E-state index in [1.807, 2.05) is 44.2 Å². The van der Waals surface area contributed by atoms with Crippen molar-refractivity contribution in [2.45, 2.75) is 84.9 Å². The van der Waals surface area contributed by atoms with E-state index in [4.69, 9.17) is 14.2 Å². The van der Waals surface area contributed by atoms with E-state index in [0.717, 1.165) is 5.56 Å². The van der Waals surface area contributed by atoms with Crippen molar-refractivity contribution in [2.24, 2.45) is 33.5 Å². The Balaban J connectivity index is 1.72. The smallest absolute Gasteiger partial charge is 0.331 e. The summed E-state index contributed by atoms with van der Waals surface area (Å²) in [5.41, 5.74) is -4.09. The van der Waals surface area contributed by atoms with E-state index in [1.54, 1.807) is 19.9 Å². The van der Waals surface area contributed by atoms with Crippen LogP contribution in [0.3, 0.4) is 0 Å². The minimum atomic E-state index is -1.50. The fourth-order valence-corrected chi connectivity index (χ4v) is 9.84. The van der Waals surface area contributed by atoms with Gasteiger partial charge in [0.1, 0.15) is 30.2 Å². The Morgan fingerprint density at radius 3 is 2.17 bits per heavy atom. The molecule has 4 aliphatic rings. The molecule has 4 aliphatic carbocycles. The lowest BCUT2D eigenvalue weighted by molar-refractivity contribution is -0.203. The molecule has 9 nitrogen and oxygen atoms in total. The Labute approximate surface area is 245 Å². The number of ether oxygens (including phenoxy) is 3. The summed E-state index contributed by atoms with van der Waals surface area (Å²) in [6.45, 7) is 14.2. The highest BCUT2D eigenvalue weighted by molar-refractivity contribution is 5.88. The number of rotatable bonds is 5. The Kier molecular flexibility index (Phi) is 7.09. The van der Waals surface area contributed by atoms with Crippen LogP contribution in [0.2, 0.25) is 0 Å². The lowest BCUT2D eigenvalue weighted by Crippen LogP contribution is -2.66. The first-order chi connectivity index (χ1) is 19.6. The van der Waals surface area contributed by atoms with Crippen LogP contribution in [0, 0.1) is 33.5 Å². The van der Waals surface area contributed by atoms with Gasteiger partial charge in [0.2, 0.25) is 0 Å². The molecule has 0 aromatic heterocycles. The number of hydrogen-bond acceptors (Lipinski definition) is 9. The minimum absolute atomic E-state index is 0.0855. The van der Waals surface area contributed by atoms with Gasteiger partial charge in [0.25, 0.3) is 0 Å². The molecule has 226 valence electrons. The van der Waals surface area contributed by atoms with Crippen molar-refractivity contribution in [1.29, 1.82) is 0 Å². The lowest BCUT2D eigenvalue weighted by atomic mass is 9.42. The summed E-state index contributed by atoms with van der Waals surface area (Å²) in [5, 5.41) is 24.0. The molecule has 2 bridgehead atoms. The highest BCUT2D eigenvalue weighted by Crippen LogP contribution is 2.86. The monoisotopic (exact) mass is 580 g/mol. The highest BCUT2D eigenvalue weighted by atomic mass is 16.6. The second-order valence-corrected chi connectivity index (χ2v) is 13.1. The van der Waals surface area contributed by atoms with Gasteiger partial charge in [0, 0.05) is 55.4 Å². The number of carbonyl (C=O) groups excluding carboxylic acids is 4. The molecule has 0 radical (unpaired) electrons. The first-order valence-electron chi connectivity index (χ1n) is 14.5. The molecule has 0 saturated heterocycles. The predicted molar refractivity (Wildman–Crippen MR) is 151 cm³/mol. The van der Waals surface area contributed by atoms with Gasteiger partial charge >= 0.3 is 17.9 Å². The van der Waals surface area contributed by atoms with Crippen molar-refractivity contribution >= 4 is 29.8 Å². The number of hydrogen-bond donors (Lipinski definition) is 2. The van der Waals surface area contributed by atoms with Crippen molar-refractivity contribution in [3.05, 3.63) is 54.1 Å². The van der Waals surface area contributed by atoms with Crippen LogP contribution in [0.1, 0.15) is 59.9 Å². The van der Waals surface area contributed by atoms with Gasteiger partial charge in [0.15, 0.2) is 0 Å². The molecule has 9 heteroatoms. The van der Waals surface area contributed by atoms with Crippen molar-refractivity contribution in [1.82, 2.24) is 0 Å². The zero-order chi connectivity index (χ0) is 31.0. The van der Waals surface area contributed by atoms with E-state index in [9.17, 15) is 29.4 Å². The largest absolute Gasteiger partial charge is 0.461 e. The third kappa shape index (κ3) is 3.56. The molecule has 4 fully saturated rings. The fourth-order valence-electron chi connectivity index (χ4n) is 9.84. The molecule has 0 heterocycles. The second-order valence-electron chi connectivity index (χ2n) is 13.1. The number of carbonyl (C=O) groups is 4. The Morgan fingerprint density at radius 2 is 1.57 bits per heavy atom. The third-order valence-corrected chi connectivity index (χ3v) is 11.3. The standard InChI is InChI=1S/C33H40O9/c1-17-23(36)15-22-28(40-19(3)34)33-18(2)24(42-26(38)14-13-21-11-9-8-10-12-21)16-25(37)31(33,7)27(39)29(41-20(4)35)32(17,33)30(22,5)6/h8-14,17,22,24-25,27-29,37,39H,2,15-16H2,1,3-7H3/b14-13+/t17-,22+,24+,25+,27+,28-,29+,31+,32?,33?/m1/s1. The molecule has 2 N–H and O–H groups in total. The molecule has 2 spiro atoms. The van der Waals surface area contributed by atoms with Gasteiger partial charge in [-0.25, -0.2) is 4.79 Å². The Morgan fingerprint density at radius 1 is 0.976 bits per heavy atom. The van der Waals surface area contributed by atoms with E-state index in [0.29, 0.717) is 5.57 Å². The van der Waals surface area contributed by atoms with Crippen LogP contribution in [-0.4, -0.2) is 64.4 Å². The van der Waals surface area contributed by atoms with Crippen LogP contribution in [0.25, 0.3) is 6.08 Å². The number of Topliss-reactive ketones (excluding diaryl/α,β-unsaturated/α-hetero) is 1. The Hall–Kier alpha value is -3.30. The van der Waals surface area contributed by atoms with Gasteiger partial charge in [-0.05, 0) is 22.6 Å². The van der Waals surface area contributed by atoms with Gasteiger partial charge < -0.3 is 24.4 Å². The maximum absolute atomic E-state index is 13.7. The van der Waals surface area contributed by atoms with Gasteiger partial charge in [-0.3, -0.25) is 14.4 Å². The van der Waals surface area contributed by atoms with E-state index >= 15 is 0 Å². The van der Waals surface area contributed by atoms with Crippen LogP contribution in [0.15, 0.2) is 48.6 Å². The molecule has 1 aromatic rings. The van der Waals surface area contributed by atoms with Gasteiger partial charge in [0.05, 0.1) is 11.5 Å². The van der Waals surface area contributed by atoms with Crippen LogP contribution in [0.4, 0.5) is 0 Å². The molecule has 5 rings (SSSR count). The number of esters is 3. The van der Waals surface area contributed by atoms with Gasteiger partial charge in [-0.2, -0.15) is 0 Å². The normalized spacial score (nSPS) is 41.7. The number of ketones is 1. The molecule has 10 atom stereocenters. The maximum atomic E-state index is 13.7. The van der Waals surface area contributed by atoms with Crippen LogP contribution in [0.5, 0.6) is 0 Å². The quantitative estimate of drug-likeness (QED) is 0.232. The predicted octanol–water partition coefficient (Wildman–Crippen LogP) is 3.41. The summed E-state index contributed by atoms with van der Waals surface area (Å²) in [6.07, 6.45) is -3.18. The van der Waals surface area contributed by atoms with Crippen LogP contribution < -0.4 is 0 Å². The molecule has 4 saturated carbocycles. The molecule has 0 amide bonds. The SMILES string of the molecule is C=C1[C@@H](OC(=O)/C=C/c2ccccc2)C[C@H](O)[C@@]2(C)[C@@H](O)[C@H](OC(C)=O)C34[C@H](C)C(=O)C[C@@H]([C@@H](OC(C)=O)C132)C4(C)C. The van der Waals surface area contributed by atoms with Crippen LogP contribution in [-0.2, 0) is 33.4 Å². The first kappa shape index (κ1) is 30.2. The zero-order valence-electron chi connectivity index (χ0n) is 25.0. The topological polar surface area (TPSA) is 136 Å². The zero-order valence-corrected chi connectivity index (χ0v) is 25.0. The average Bonchev–Trinajstić information content (AvgIpc) is 3.15. The summed E-state index contributed by atoms with van der Waals surface area (Å²) >= 11 is 0. The van der Waals surface area contributed by atoms with Gasteiger partial charge in [-0.15, -0.1) is 0 Å². The number of aliphatic hydroxyl groups is 2. The molecule has 42 heavy (non-hydrogen) atoms. The maximum Gasteiger partial charge on any atom is 0.331 e. The van der Waals surface area contributed by atoms with Gasteiger partial charge in [-0.1, -0.05) is 64.6 Å². The third-order valence-electron chi connectivity index (χ3n) is 11.3. The average molecular weight is 581 g/mol. The van der Waals surface area contributed by atoms with Crippen molar-refractivity contribution < 1.29 is 43.6 Å². The van der Waals surface area contributed by atoms with Crippen molar-refractivity contribution in [2.75, 3.05) is 0 Å². The molecule has 0 aliphatic heterocycles. The number of fused-ring (bicyclic) bond motifs is 1. The summed E-state index contributed by atoms with van der Waals surface area (Å²) in [7, 11) is 0. The van der Waals surface area contributed by atoms with Crippen molar-refractivity contribution in [3.8, 4) is 0 Å².